The number of rotatable bonds is 6. The monoisotopic (exact) mass is 464 g/mol. The van der Waals surface area contributed by atoms with E-state index < -0.39 is 6.23 Å². The SMILES string of the molecule is CCOc1ccc([C@@H]2Oc3nc(SCC(C)C)nnc3-c3cc(C)ccc3N2C(C)=O)cc1. The number of thioether (sulfide) groups is 1. The summed E-state index contributed by atoms with van der Waals surface area (Å²) in [4.78, 5) is 19.3. The molecule has 1 aliphatic rings. The summed E-state index contributed by atoms with van der Waals surface area (Å²) in [5.74, 6) is 2.35. The van der Waals surface area contributed by atoms with Crippen LogP contribution in [0.2, 0.25) is 0 Å². The van der Waals surface area contributed by atoms with E-state index in [2.05, 4.69) is 24.0 Å². The van der Waals surface area contributed by atoms with E-state index >= 15 is 0 Å². The van der Waals surface area contributed by atoms with Gasteiger partial charge >= 0.3 is 0 Å². The normalized spacial score (nSPS) is 14.8. The van der Waals surface area contributed by atoms with Crippen LogP contribution >= 0.6 is 11.8 Å². The minimum Gasteiger partial charge on any atom is -0.494 e. The summed E-state index contributed by atoms with van der Waals surface area (Å²) >= 11 is 1.54. The van der Waals surface area contributed by atoms with Crippen LogP contribution in [-0.2, 0) is 4.79 Å². The highest BCUT2D eigenvalue weighted by molar-refractivity contribution is 7.99. The van der Waals surface area contributed by atoms with Gasteiger partial charge in [0.25, 0.3) is 0 Å². The van der Waals surface area contributed by atoms with Crippen molar-refractivity contribution in [1.82, 2.24) is 15.2 Å². The van der Waals surface area contributed by atoms with Gasteiger partial charge in [-0.15, -0.1) is 10.2 Å². The Labute approximate surface area is 198 Å². The van der Waals surface area contributed by atoms with Gasteiger partial charge in [0.15, 0.2) is 5.69 Å². The van der Waals surface area contributed by atoms with Crippen molar-refractivity contribution in [1.29, 1.82) is 0 Å². The maximum absolute atomic E-state index is 12.9. The Bertz CT molecular complexity index is 1150. The molecule has 172 valence electrons. The molecule has 8 heteroatoms. The van der Waals surface area contributed by atoms with Gasteiger partial charge in [0.05, 0.1) is 12.3 Å². The second kappa shape index (κ2) is 9.79. The van der Waals surface area contributed by atoms with E-state index in [0.717, 1.165) is 28.2 Å². The molecule has 0 saturated carbocycles. The van der Waals surface area contributed by atoms with Crippen LogP contribution in [0, 0.1) is 12.8 Å². The first-order valence-electron chi connectivity index (χ1n) is 11.0. The van der Waals surface area contributed by atoms with Gasteiger partial charge in [-0.3, -0.25) is 9.69 Å². The van der Waals surface area contributed by atoms with Crippen LogP contribution in [0.15, 0.2) is 47.6 Å². The smallest absolute Gasteiger partial charge is 0.247 e. The molecule has 0 bridgehead atoms. The molecule has 0 unspecified atom stereocenters. The van der Waals surface area contributed by atoms with Gasteiger partial charge in [-0.25, -0.2) is 0 Å². The van der Waals surface area contributed by atoms with Gasteiger partial charge in [0.2, 0.25) is 23.2 Å². The van der Waals surface area contributed by atoms with E-state index in [-0.39, 0.29) is 5.91 Å². The molecule has 0 aliphatic carbocycles. The first kappa shape index (κ1) is 23.0. The van der Waals surface area contributed by atoms with Crippen molar-refractivity contribution < 1.29 is 14.3 Å². The number of nitrogens with zero attached hydrogens (tertiary/aromatic N) is 4. The van der Waals surface area contributed by atoms with Crippen molar-refractivity contribution in [2.24, 2.45) is 5.92 Å². The molecule has 7 nitrogen and oxygen atoms in total. The maximum atomic E-state index is 12.9. The number of ether oxygens (including phenoxy) is 2. The van der Waals surface area contributed by atoms with Crippen LogP contribution in [-0.4, -0.2) is 33.4 Å². The number of anilines is 1. The Morgan fingerprint density at radius 1 is 1.18 bits per heavy atom. The maximum Gasteiger partial charge on any atom is 0.247 e. The summed E-state index contributed by atoms with van der Waals surface area (Å²) in [6.45, 7) is 10.4. The van der Waals surface area contributed by atoms with Crippen molar-refractivity contribution in [3.63, 3.8) is 0 Å². The molecule has 1 amide bonds. The van der Waals surface area contributed by atoms with Gasteiger partial charge in [0.1, 0.15) is 5.75 Å². The van der Waals surface area contributed by atoms with E-state index in [0.29, 0.717) is 34.9 Å². The first-order chi connectivity index (χ1) is 15.9. The highest BCUT2D eigenvalue weighted by Crippen LogP contribution is 2.44. The van der Waals surface area contributed by atoms with Gasteiger partial charge in [0, 0.05) is 23.8 Å². The Kier molecular flexibility index (Phi) is 6.83. The molecule has 0 N–H and O–H groups in total. The van der Waals surface area contributed by atoms with E-state index in [9.17, 15) is 4.79 Å². The molecule has 0 fully saturated rings. The van der Waals surface area contributed by atoms with Gasteiger partial charge < -0.3 is 9.47 Å². The topological polar surface area (TPSA) is 77.4 Å². The first-order valence-corrected chi connectivity index (χ1v) is 12.0. The zero-order chi connectivity index (χ0) is 23.5. The number of benzene rings is 2. The van der Waals surface area contributed by atoms with Gasteiger partial charge in [-0.2, -0.15) is 4.98 Å². The minimum atomic E-state index is -0.708. The van der Waals surface area contributed by atoms with Crippen LogP contribution in [0.25, 0.3) is 11.3 Å². The largest absolute Gasteiger partial charge is 0.494 e. The zero-order valence-electron chi connectivity index (χ0n) is 19.5. The van der Waals surface area contributed by atoms with E-state index in [1.165, 1.54) is 6.92 Å². The number of hydrogen-bond donors (Lipinski definition) is 0. The van der Waals surface area contributed by atoms with Crippen LogP contribution < -0.4 is 14.4 Å². The fraction of sp³-hybridized carbons (Fsp3) is 0.360. The molecule has 1 aliphatic heterocycles. The molecule has 0 saturated heterocycles. The Morgan fingerprint density at radius 2 is 1.94 bits per heavy atom. The minimum absolute atomic E-state index is 0.144. The highest BCUT2D eigenvalue weighted by Gasteiger charge is 2.34. The third-order valence-electron chi connectivity index (χ3n) is 5.12. The van der Waals surface area contributed by atoms with Crippen molar-refractivity contribution in [2.75, 3.05) is 17.3 Å². The summed E-state index contributed by atoms with van der Waals surface area (Å²) in [5.41, 5.74) is 3.87. The van der Waals surface area contributed by atoms with Crippen LogP contribution in [0.5, 0.6) is 11.6 Å². The van der Waals surface area contributed by atoms with E-state index in [4.69, 9.17) is 14.5 Å². The van der Waals surface area contributed by atoms with Gasteiger partial charge in [-0.05, 0) is 56.2 Å². The highest BCUT2D eigenvalue weighted by atomic mass is 32.2. The number of carbonyl (C=O) groups is 1. The Hall–Kier alpha value is -3.13. The molecule has 4 rings (SSSR count). The number of amides is 1. The molecular weight excluding hydrogens is 436 g/mol. The molecular formula is C25H28N4O3S. The molecule has 3 aromatic rings. The quantitative estimate of drug-likeness (QED) is 0.450. The van der Waals surface area contributed by atoms with Crippen molar-refractivity contribution in [3.05, 3.63) is 53.6 Å². The van der Waals surface area contributed by atoms with Crippen LogP contribution in [0.1, 0.15) is 45.0 Å². The molecule has 1 atom stereocenters. The molecule has 2 aromatic carbocycles. The lowest BCUT2D eigenvalue weighted by atomic mass is 10.0. The van der Waals surface area contributed by atoms with E-state index in [1.54, 1.807) is 16.7 Å². The molecule has 0 spiro atoms. The lowest BCUT2D eigenvalue weighted by molar-refractivity contribution is -0.118. The summed E-state index contributed by atoms with van der Waals surface area (Å²) < 4.78 is 12.0. The third kappa shape index (κ3) is 4.95. The molecule has 1 aromatic heterocycles. The number of aromatic nitrogens is 3. The molecule has 0 radical (unpaired) electrons. The van der Waals surface area contributed by atoms with Crippen molar-refractivity contribution >= 4 is 23.4 Å². The Balaban J connectivity index is 1.85. The number of aryl methyl sites for hydroxylation is 1. The number of hydrogen-bond acceptors (Lipinski definition) is 7. The van der Waals surface area contributed by atoms with Crippen molar-refractivity contribution in [3.8, 4) is 22.9 Å². The van der Waals surface area contributed by atoms with Crippen LogP contribution in [0.4, 0.5) is 5.69 Å². The predicted molar refractivity (Wildman–Crippen MR) is 130 cm³/mol. The standard InChI is InChI=1S/C25H28N4O3S/c1-6-31-19-10-8-18(9-11-19)24-29(17(5)30)21-12-7-16(4)13-20(21)22-23(32-24)26-25(28-27-22)33-14-15(2)3/h7-13,15,24H,6,14H2,1-5H3/t24-/m0/s1. The number of fused-ring (bicyclic) bond motifs is 3. The molecule has 2 heterocycles. The predicted octanol–water partition coefficient (Wildman–Crippen LogP) is 5.44. The van der Waals surface area contributed by atoms with Crippen molar-refractivity contribution in [2.45, 2.75) is 46.0 Å². The summed E-state index contributed by atoms with van der Waals surface area (Å²) in [5, 5.41) is 9.37. The lowest BCUT2D eigenvalue weighted by Crippen LogP contribution is -2.36. The average molecular weight is 465 g/mol. The average Bonchev–Trinajstić information content (AvgIpc) is 2.92. The summed E-state index contributed by atoms with van der Waals surface area (Å²) in [6, 6.07) is 13.5. The fourth-order valence-corrected chi connectivity index (χ4v) is 4.36. The Morgan fingerprint density at radius 3 is 2.61 bits per heavy atom. The number of carbonyl (C=O) groups excluding carboxylic acids is 1. The second-order valence-corrected chi connectivity index (χ2v) is 9.32. The van der Waals surface area contributed by atoms with Gasteiger partial charge in [-0.1, -0.05) is 37.2 Å². The van der Waals surface area contributed by atoms with Crippen LogP contribution in [0.3, 0.4) is 0 Å². The van der Waals surface area contributed by atoms with E-state index in [1.807, 2.05) is 56.3 Å². The summed E-state index contributed by atoms with van der Waals surface area (Å²) in [7, 11) is 0. The second-order valence-electron chi connectivity index (χ2n) is 8.33. The fourth-order valence-electron chi connectivity index (χ4n) is 3.63. The lowest BCUT2D eigenvalue weighted by Gasteiger charge is -2.30. The summed E-state index contributed by atoms with van der Waals surface area (Å²) in [6.07, 6.45) is -0.708. The zero-order valence-corrected chi connectivity index (χ0v) is 20.3. The third-order valence-corrected chi connectivity index (χ3v) is 6.39. The molecule has 33 heavy (non-hydrogen) atoms.